The molecular weight excluding hydrogens is 293 g/mol. The van der Waals surface area contributed by atoms with Gasteiger partial charge in [-0.2, -0.15) is 5.48 Å². The summed E-state index contributed by atoms with van der Waals surface area (Å²) in [7, 11) is 1.48. The van der Waals surface area contributed by atoms with Crippen molar-refractivity contribution < 1.29 is 18.7 Å². The summed E-state index contributed by atoms with van der Waals surface area (Å²) < 4.78 is 25.4. The first-order valence-electron chi connectivity index (χ1n) is 5.26. The third-order valence-electron chi connectivity index (χ3n) is 2.42. The van der Waals surface area contributed by atoms with Gasteiger partial charge in [0.05, 0.1) is 36.9 Å². The van der Waals surface area contributed by atoms with Crippen LogP contribution in [-0.2, 0) is 11.4 Å². The summed E-state index contributed by atoms with van der Waals surface area (Å²) in [5, 5.41) is 0. The van der Waals surface area contributed by atoms with E-state index in [1.54, 1.807) is 6.07 Å². The third kappa shape index (κ3) is 2.70. The largest absolute Gasteiger partial charge is 0.490 e. The first kappa shape index (κ1) is 12.6. The van der Waals surface area contributed by atoms with Gasteiger partial charge in [-0.25, -0.2) is 4.39 Å². The number of halogens is 2. The lowest BCUT2D eigenvalue weighted by atomic mass is 10.1. The highest BCUT2D eigenvalue weighted by Crippen LogP contribution is 2.38. The van der Waals surface area contributed by atoms with E-state index in [0.29, 0.717) is 34.7 Å². The van der Waals surface area contributed by atoms with Crippen LogP contribution in [-0.4, -0.2) is 20.3 Å². The summed E-state index contributed by atoms with van der Waals surface area (Å²) in [6.07, 6.45) is 0.783. The summed E-state index contributed by atoms with van der Waals surface area (Å²) in [4.78, 5) is 4.73. The van der Waals surface area contributed by atoms with Crippen LogP contribution in [0.1, 0.15) is 12.0 Å². The Balaban J connectivity index is 2.42. The lowest BCUT2D eigenvalue weighted by Crippen LogP contribution is -2.14. The molecular formula is C11H13BrFNO3. The molecule has 0 atom stereocenters. The van der Waals surface area contributed by atoms with Crippen molar-refractivity contribution >= 4 is 15.9 Å². The Hall–Kier alpha value is -0.850. The maximum atomic E-state index is 14.0. The summed E-state index contributed by atoms with van der Waals surface area (Å²) in [5.41, 5.74) is 3.01. The van der Waals surface area contributed by atoms with E-state index in [1.165, 1.54) is 7.11 Å². The molecule has 1 N–H and O–H groups in total. The lowest BCUT2D eigenvalue weighted by Gasteiger charge is -2.14. The van der Waals surface area contributed by atoms with Crippen LogP contribution in [0.15, 0.2) is 10.5 Å². The Labute approximate surface area is 107 Å². The molecule has 1 heterocycles. The molecule has 94 valence electrons. The van der Waals surface area contributed by atoms with Crippen molar-refractivity contribution in [3.63, 3.8) is 0 Å². The van der Waals surface area contributed by atoms with Crippen LogP contribution in [0.3, 0.4) is 0 Å². The molecule has 17 heavy (non-hydrogen) atoms. The predicted molar refractivity (Wildman–Crippen MR) is 63.6 cm³/mol. The molecule has 0 bridgehead atoms. The average molecular weight is 306 g/mol. The van der Waals surface area contributed by atoms with E-state index in [1.807, 2.05) is 0 Å². The Morgan fingerprint density at radius 3 is 3.00 bits per heavy atom. The molecule has 0 fully saturated rings. The second kappa shape index (κ2) is 5.66. The van der Waals surface area contributed by atoms with Crippen molar-refractivity contribution in [2.24, 2.45) is 0 Å². The van der Waals surface area contributed by atoms with Gasteiger partial charge in [-0.3, -0.25) is 0 Å². The highest BCUT2D eigenvalue weighted by Gasteiger charge is 2.21. The molecule has 0 saturated carbocycles. The smallest absolute Gasteiger partial charge is 0.168 e. The second-order valence-electron chi connectivity index (χ2n) is 3.55. The van der Waals surface area contributed by atoms with Crippen molar-refractivity contribution in [3.05, 3.63) is 21.9 Å². The Kier molecular flexibility index (Phi) is 4.20. The van der Waals surface area contributed by atoms with Gasteiger partial charge in [0.25, 0.3) is 0 Å². The highest BCUT2D eigenvalue weighted by molar-refractivity contribution is 9.10. The van der Waals surface area contributed by atoms with Gasteiger partial charge >= 0.3 is 0 Å². The normalized spacial score (nSPS) is 14.5. The van der Waals surface area contributed by atoms with E-state index in [4.69, 9.17) is 14.3 Å². The number of benzene rings is 1. The highest BCUT2D eigenvalue weighted by atomic mass is 79.9. The molecule has 0 radical (unpaired) electrons. The van der Waals surface area contributed by atoms with Crippen LogP contribution in [0.2, 0.25) is 0 Å². The van der Waals surface area contributed by atoms with Crippen LogP contribution >= 0.6 is 15.9 Å². The van der Waals surface area contributed by atoms with Gasteiger partial charge in [0, 0.05) is 12.5 Å². The first-order valence-corrected chi connectivity index (χ1v) is 6.05. The number of hydroxylamine groups is 1. The van der Waals surface area contributed by atoms with Gasteiger partial charge < -0.3 is 14.3 Å². The number of hydrogen-bond donors (Lipinski definition) is 1. The SMILES string of the molecule is CONCc1c(F)c(Br)cc2c1OCCCO2. The minimum atomic E-state index is -0.362. The predicted octanol–water partition coefficient (Wildman–Crippen LogP) is 2.40. The first-order chi connectivity index (χ1) is 8.24. The maximum absolute atomic E-state index is 14.0. The van der Waals surface area contributed by atoms with Gasteiger partial charge in [-0.15, -0.1) is 0 Å². The van der Waals surface area contributed by atoms with Crippen LogP contribution in [0.5, 0.6) is 11.5 Å². The van der Waals surface area contributed by atoms with Gasteiger partial charge in [0.1, 0.15) is 5.82 Å². The number of rotatable bonds is 3. The molecule has 0 unspecified atom stereocenters. The fourth-order valence-electron chi connectivity index (χ4n) is 1.62. The van der Waals surface area contributed by atoms with Crippen molar-refractivity contribution in [1.29, 1.82) is 0 Å². The summed E-state index contributed by atoms with van der Waals surface area (Å²) in [5.74, 6) is 0.648. The topological polar surface area (TPSA) is 39.7 Å². The summed E-state index contributed by atoms with van der Waals surface area (Å²) in [6.45, 7) is 1.31. The number of ether oxygens (including phenoxy) is 2. The van der Waals surface area contributed by atoms with Crippen molar-refractivity contribution in [2.75, 3.05) is 20.3 Å². The summed E-state index contributed by atoms with van der Waals surface area (Å²) >= 11 is 3.16. The van der Waals surface area contributed by atoms with E-state index in [0.717, 1.165) is 6.42 Å². The van der Waals surface area contributed by atoms with Crippen molar-refractivity contribution in [2.45, 2.75) is 13.0 Å². The van der Waals surface area contributed by atoms with E-state index < -0.39 is 0 Å². The molecule has 2 rings (SSSR count). The fourth-order valence-corrected chi connectivity index (χ4v) is 2.07. The van der Waals surface area contributed by atoms with E-state index >= 15 is 0 Å². The van der Waals surface area contributed by atoms with E-state index in [9.17, 15) is 4.39 Å². The molecule has 0 aromatic heterocycles. The quantitative estimate of drug-likeness (QED) is 0.871. The molecule has 1 aliphatic heterocycles. The number of hydrogen-bond acceptors (Lipinski definition) is 4. The monoisotopic (exact) mass is 305 g/mol. The summed E-state index contributed by atoms with van der Waals surface area (Å²) in [6, 6.07) is 1.59. The zero-order chi connectivity index (χ0) is 12.3. The minimum Gasteiger partial charge on any atom is -0.490 e. The third-order valence-corrected chi connectivity index (χ3v) is 2.99. The Morgan fingerprint density at radius 2 is 2.24 bits per heavy atom. The maximum Gasteiger partial charge on any atom is 0.168 e. The van der Waals surface area contributed by atoms with E-state index in [2.05, 4.69) is 21.4 Å². The van der Waals surface area contributed by atoms with Crippen LogP contribution < -0.4 is 15.0 Å². The van der Waals surface area contributed by atoms with Gasteiger partial charge in [0.15, 0.2) is 11.5 Å². The van der Waals surface area contributed by atoms with Crippen LogP contribution in [0.4, 0.5) is 4.39 Å². The molecule has 4 nitrogen and oxygen atoms in total. The average Bonchev–Trinajstić information content (AvgIpc) is 2.55. The molecule has 1 aliphatic rings. The van der Waals surface area contributed by atoms with Crippen LogP contribution in [0.25, 0.3) is 0 Å². The zero-order valence-electron chi connectivity index (χ0n) is 9.39. The van der Waals surface area contributed by atoms with Crippen LogP contribution in [0, 0.1) is 5.82 Å². The molecule has 0 saturated heterocycles. The van der Waals surface area contributed by atoms with Gasteiger partial charge in [-0.05, 0) is 15.9 Å². The number of fused-ring (bicyclic) bond motifs is 1. The standard InChI is InChI=1S/C11H13BrFNO3/c1-15-14-6-7-10(13)8(12)5-9-11(7)17-4-2-3-16-9/h5,14H,2-4,6H2,1H3. The molecule has 0 aliphatic carbocycles. The second-order valence-corrected chi connectivity index (χ2v) is 4.41. The van der Waals surface area contributed by atoms with Crippen molar-refractivity contribution in [3.8, 4) is 11.5 Å². The fraction of sp³-hybridized carbons (Fsp3) is 0.455. The molecule has 0 spiro atoms. The van der Waals surface area contributed by atoms with E-state index in [-0.39, 0.29) is 12.4 Å². The van der Waals surface area contributed by atoms with Gasteiger partial charge in [0.2, 0.25) is 0 Å². The molecule has 0 amide bonds. The Morgan fingerprint density at radius 1 is 1.47 bits per heavy atom. The van der Waals surface area contributed by atoms with Gasteiger partial charge in [-0.1, -0.05) is 0 Å². The van der Waals surface area contributed by atoms with Crippen molar-refractivity contribution in [1.82, 2.24) is 5.48 Å². The molecule has 6 heteroatoms. The number of nitrogens with one attached hydrogen (secondary N) is 1. The molecule has 1 aromatic rings. The zero-order valence-corrected chi connectivity index (χ0v) is 11.0. The Bertz CT molecular complexity index is 414. The lowest BCUT2D eigenvalue weighted by molar-refractivity contribution is 0.0850. The minimum absolute atomic E-state index is 0.216. The molecule has 1 aromatic carbocycles.